The Morgan fingerprint density at radius 2 is 2.04 bits per heavy atom. The van der Waals surface area contributed by atoms with Crippen molar-refractivity contribution in [3.8, 4) is 11.5 Å². The fourth-order valence-electron chi connectivity index (χ4n) is 2.62. The van der Waals surface area contributed by atoms with Crippen molar-refractivity contribution in [3.63, 3.8) is 0 Å². The molecule has 1 aromatic carbocycles. The van der Waals surface area contributed by atoms with Crippen LogP contribution in [0.5, 0.6) is 0 Å². The number of fused-ring (bicyclic) bond motifs is 1. The number of rotatable bonds is 5. The predicted octanol–water partition coefficient (Wildman–Crippen LogP) is 2.78. The van der Waals surface area contributed by atoms with E-state index < -0.39 is 23.2 Å². The SMILES string of the molecule is CN(C)CCCN=C1CC(=O)c2nc(-c3cccc(F)c3F)oc2C1=O. The molecule has 8 heteroatoms. The van der Waals surface area contributed by atoms with Crippen molar-refractivity contribution in [1.82, 2.24) is 9.88 Å². The molecule has 0 N–H and O–H groups in total. The van der Waals surface area contributed by atoms with Crippen LogP contribution in [0.25, 0.3) is 11.5 Å². The van der Waals surface area contributed by atoms with Crippen LogP contribution >= 0.6 is 0 Å². The molecule has 1 aliphatic rings. The number of oxazole rings is 1. The summed E-state index contributed by atoms with van der Waals surface area (Å²) < 4.78 is 32.6. The Bertz CT molecular complexity index is 903. The van der Waals surface area contributed by atoms with Crippen molar-refractivity contribution in [2.24, 2.45) is 4.99 Å². The van der Waals surface area contributed by atoms with Gasteiger partial charge in [-0.25, -0.2) is 13.8 Å². The number of carbonyl (C=O) groups is 2. The number of aromatic nitrogens is 1. The Hall–Kier alpha value is -2.74. The second-order valence-corrected chi connectivity index (χ2v) is 6.21. The molecule has 0 saturated heterocycles. The van der Waals surface area contributed by atoms with E-state index in [2.05, 4.69) is 9.98 Å². The van der Waals surface area contributed by atoms with E-state index in [9.17, 15) is 18.4 Å². The maximum Gasteiger partial charge on any atom is 0.244 e. The predicted molar refractivity (Wildman–Crippen MR) is 90.6 cm³/mol. The Labute approximate surface area is 148 Å². The lowest BCUT2D eigenvalue weighted by Crippen LogP contribution is -2.27. The Balaban J connectivity index is 1.89. The number of aliphatic imine (C=N–C) groups is 1. The first-order valence-electron chi connectivity index (χ1n) is 8.09. The number of benzene rings is 1. The van der Waals surface area contributed by atoms with Crippen LogP contribution in [0, 0.1) is 11.6 Å². The second kappa shape index (κ2) is 7.25. The standard InChI is InChI=1S/C18H17F2N3O3/c1-23(2)8-4-7-21-12-9-13(24)15-17(16(12)25)26-18(22-15)10-5-3-6-11(19)14(10)20/h3,5-6H,4,7-9H2,1-2H3. The third-order valence-electron chi connectivity index (χ3n) is 3.94. The number of carbonyl (C=O) groups excluding carboxylic acids is 2. The van der Waals surface area contributed by atoms with Crippen LogP contribution in [0.2, 0.25) is 0 Å². The molecule has 0 spiro atoms. The van der Waals surface area contributed by atoms with E-state index >= 15 is 0 Å². The number of halogens is 2. The van der Waals surface area contributed by atoms with Gasteiger partial charge in [0.2, 0.25) is 17.4 Å². The van der Waals surface area contributed by atoms with Crippen LogP contribution in [0.15, 0.2) is 27.6 Å². The van der Waals surface area contributed by atoms with Crippen molar-refractivity contribution in [3.05, 3.63) is 41.3 Å². The molecular formula is C18H17F2N3O3. The lowest BCUT2D eigenvalue weighted by atomic mass is 9.97. The zero-order chi connectivity index (χ0) is 18.8. The first-order chi connectivity index (χ1) is 12.4. The Morgan fingerprint density at radius 3 is 2.77 bits per heavy atom. The van der Waals surface area contributed by atoms with Gasteiger partial charge in [-0.3, -0.25) is 14.6 Å². The van der Waals surface area contributed by atoms with Gasteiger partial charge in [0, 0.05) is 6.54 Å². The first-order valence-corrected chi connectivity index (χ1v) is 8.09. The molecule has 0 amide bonds. The van der Waals surface area contributed by atoms with E-state index in [1.807, 2.05) is 19.0 Å². The minimum atomic E-state index is -1.15. The van der Waals surface area contributed by atoms with Gasteiger partial charge in [-0.15, -0.1) is 0 Å². The molecular weight excluding hydrogens is 344 g/mol. The molecule has 0 unspecified atom stereocenters. The molecule has 6 nitrogen and oxygen atoms in total. The summed E-state index contributed by atoms with van der Waals surface area (Å²) in [6.07, 6.45) is 0.562. The van der Waals surface area contributed by atoms with Crippen molar-refractivity contribution in [1.29, 1.82) is 0 Å². The summed E-state index contributed by atoms with van der Waals surface area (Å²) in [6.45, 7) is 1.21. The third kappa shape index (κ3) is 3.45. The molecule has 3 rings (SSSR count). The van der Waals surface area contributed by atoms with Gasteiger partial charge in [0.25, 0.3) is 0 Å². The number of hydrogen-bond donors (Lipinski definition) is 0. The maximum atomic E-state index is 13.9. The van der Waals surface area contributed by atoms with Crippen LogP contribution in [0.4, 0.5) is 8.78 Å². The number of Topliss-reactive ketones (excluding diaryl/α,β-unsaturated/α-hetero) is 2. The fourth-order valence-corrected chi connectivity index (χ4v) is 2.62. The lowest BCUT2D eigenvalue weighted by molar-refractivity contribution is 0.0949. The van der Waals surface area contributed by atoms with Gasteiger partial charge in [-0.2, -0.15) is 0 Å². The zero-order valence-corrected chi connectivity index (χ0v) is 14.4. The van der Waals surface area contributed by atoms with Gasteiger partial charge in [-0.05, 0) is 39.2 Å². The molecule has 0 fully saturated rings. The average Bonchev–Trinajstić information content (AvgIpc) is 3.04. The van der Waals surface area contributed by atoms with Gasteiger partial charge in [0.05, 0.1) is 17.7 Å². The van der Waals surface area contributed by atoms with Crippen LogP contribution in [-0.4, -0.2) is 54.3 Å². The van der Waals surface area contributed by atoms with Crippen LogP contribution in [0.1, 0.15) is 33.9 Å². The summed E-state index contributed by atoms with van der Waals surface area (Å²) in [5, 5.41) is 0. The smallest absolute Gasteiger partial charge is 0.244 e. The molecule has 0 aliphatic heterocycles. The highest BCUT2D eigenvalue weighted by molar-refractivity contribution is 6.51. The number of nitrogens with zero attached hydrogens (tertiary/aromatic N) is 3. The van der Waals surface area contributed by atoms with E-state index in [0.717, 1.165) is 19.0 Å². The van der Waals surface area contributed by atoms with E-state index in [1.54, 1.807) is 0 Å². The molecule has 1 aliphatic carbocycles. The van der Waals surface area contributed by atoms with Crippen LogP contribution in [-0.2, 0) is 0 Å². The van der Waals surface area contributed by atoms with Gasteiger partial charge in [0.1, 0.15) is 0 Å². The van der Waals surface area contributed by atoms with Gasteiger partial charge in [-0.1, -0.05) is 6.07 Å². The van der Waals surface area contributed by atoms with Crippen LogP contribution in [0.3, 0.4) is 0 Å². The largest absolute Gasteiger partial charge is 0.432 e. The Morgan fingerprint density at radius 1 is 1.27 bits per heavy atom. The molecule has 0 atom stereocenters. The second-order valence-electron chi connectivity index (χ2n) is 6.21. The molecule has 1 aromatic heterocycles. The van der Waals surface area contributed by atoms with E-state index in [-0.39, 0.29) is 35.0 Å². The highest BCUT2D eigenvalue weighted by Crippen LogP contribution is 2.29. The summed E-state index contributed by atoms with van der Waals surface area (Å²) in [5.74, 6) is -3.77. The topological polar surface area (TPSA) is 75.8 Å². The van der Waals surface area contributed by atoms with Crippen LogP contribution < -0.4 is 0 Å². The van der Waals surface area contributed by atoms with Gasteiger partial charge in [0.15, 0.2) is 23.1 Å². The van der Waals surface area contributed by atoms with E-state index in [0.29, 0.717) is 6.54 Å². The number of ketones is 2. The van der Waals surface area contributed by atoms with Crippen molar-refractivity contribution in [2.75, 3.05) is 27.2 Å². The van der Waals surface area contributed by atoms with E-state index in [1.165, 1.54) is 12.1 Å². The lowest BCUT2D eigenvalue weighted by Gasteiger charge is -2.10. The number of hydrogen-bond acceptors (Lipinski definition) is 6. The molecule has 2 aromatic rings. The third-order valence-corrected chi connectivity index (χ3v) is 3.94. The average molecular weight is 361 g/mol. The monoisotopic (exact) mass is 361 g/mol. The summed E-state index contributed by atoms with van der Waals surface area (Å²) in [6, 6.07) is 3.51. The zero-order valence-electron chi connectivity index (χ0n) is 14.4. The molecule has 136 valence electrons. The minimum absolute atomic E-state index is 0.101. The van der Waals surface area contributed by atoms with E-state index in [4.69, 9.17) is 4.42 Å². The van der Waals surface area contributed by atoms with Crippen molar-refractivity contribution in [2.45, 2.75) is 12.8 Å². The molecule has 0 radical (unpaired) electrons. The normalized spacial score (nSPS) is 15.8. The molecule has 0 bridgehead atoms. The summed E-state index contributed by atoms with van der Waals surface area (Å²) in [7, 11) is 3.85. The highest BCUT2D eigenvalue weighted by Gasteiger charge is 2.35. The molecule has 26 heavy (non-hydrogen) atoms. The Kier molecular flexibility index (Phi) is 5.03. The van der Waals surface area contributed by atoms with Crippen molar-refractivity contribution < 1.29 is 22.8 Å². The quantitative estimate of drug-likeness (QED) is 0.766. The minimum Gasteiger partial charge on any atom is -0.432 e. The summed E-state index contributed by atoms with van der Waals surface area (Å²) >= 11 is 0. The van der Waals surface area contributed by atoms with Crippen molar-refractivity contribution >= 4 is 17.3 Å². The molecule has 0 saturated carbocycles. The highest BCUT2D eigenvalue weighted by atomic mass is 19.2. The van der Waals surface area contributed by atoms with Gasteiger partial charge < -0.3 is 9.32 Å². The maximum absolute atomic E-state index is 13.9. The van der Waals surface area contributed by atoms with Gasteiger partial charge >= 0.3 is 0 Å². The summed E-state index contributed by atoms with van der Waals surface area (Å²) in [4.78, 5) is 34.8. The molecule has 1 heterocycles. The fraction of sp³-hybridized carbons (Fsp3) is 0.333. The first kappa shape index (κ1) is 18.1. The summed E-state index contributed by atoms with van der Waals surface area (Å²) in [5.41, 5.74) is -0.311.